The van der Waals surface area contributed by atoms with E-state index in [0.29, 0.717) is 12.5 Å². The van der Waals surface area contributed by atoms with Gasteiger partial charge in [-0.05, 0) is 49.4 Å². The molecule has 0 bridgehead atoms. The molecule has 1 saturated heterocycles. The zero-order valence-corrected chi connectivity index (χ0v) is 16.1. The minimum Gasteiger partial charge on any atom is -0.490 e. The molecule has 27 heavy (non-hydrogen) atoms. The molecule has 3 rings (SSSR count). The Kier molecular flexibility index (Phi) is 7.14. The van der Waals surface area contributed by atoms with Crippen LogP contribution in [0.1, 0.15) is 43.0 Å². The summed E-state index contributed by atoms with van der Waals surface area (Å²) in [6.07, 6.45) is 4.10. The van der Waals surface area contributed by atoms with Crippen molar-refractivity contribution >= 4 is 5.91 Å². The van der Waals surface area contributed by atoms with Crippen LogP contribution in [0.4, 0.5) is 0 Å². The predicted molar refractivity (Wildman–Crippen MR) is 107 cm³/mol. The Morgan fingerprint density at radius 1 is 0.963 bits per heavy atom. The molecule has 0 radical (unpaired) electrons. The van der Waals surface area contributed by atoms with Gasteiger partial charge >= 0.3 is 0 Å². The highest BCUT2D eigenvalue weighted by Gasteiger charge is 2.24. The van der Waals surface area contributed by atoms with Gasteiger partial charge in [0, 0.05) is 18.7 Å². The molecular weight excluding hydrogens is 338 g/mol. The van der Waals surface area contributed by atoms with Gasteiger partial charge in [-0.15, -0.1) is 0 Å². The summed E-state index contributed by atoms with van der Waals surface area (Å²) >= 11 is 0. The Morgan fingerprint density at radius 3 is 2.26 bits per heavy atom. The van der Waals surface area contributed by atoms with Gasteiger partial charge in [0.15, 0.2) is 11.5 Å². The topological polar surface area (TPSA) is 38.8 Å². The number of rotatable bonds is 8. The number of piperidine rings is 1. The van der Waals surface area contributed by atoms with E-state index in [-0.39, 0.29) is 5.91 Å². The first-order valence-corrected chi connectivity index (χ1v) is 9.97. The van der Waals surface area contributed by atoms with E-state index in [1.807, 2.05) is 59.5 Å². The molecule has 1 amide bonds. The van der Waals surface area contributed by atoms with Crippen LogP contribution >= 0.6 is 0 Å². The standard InChI is InChI=1S/C23H29NO3/c1-2-3-17-26-21-11-7-8-12-22(21)27-18-19-13-15-24(16-14-19)23(25)20-9-5-4-6-10-20/h4-12,19H,2-3,13-18H2,1H3. The Labute approximate surface area is 162 Å². The summed E-state index contributed by atoms with van der Waals surface area (Å²) in [4.78, 5) is 14.5. The molecule has 0 N–H and O–H groups in total. The molecule has 4 nitrogen and oxygen atoms in total. The second-order valence-electron chi connectivity index (χ2n) is 7.06. The number of para-hydroxylation sites is 2. The smallest absolute Gasteiger partial charge is 0.253 e. The van der Waals surface area contributed by atoms with Gasteiger partial charge in [-0.2, -0.15) is 0 Å². The summed E-state index contributed by atoms with van der Waals surface area (Å²) in [5.41, 5.74) is 0.769. The van der Waals surface area contributed by atoms with Crippen molar-refractivity contribution in [2.75, 3.05) is 26.3 Å². The summed E-state index contributed by atoms with van der Waals surface area (Å²) in [5.74, 6) is 2.23. The molecule has 1 heterocycles. The third-order valence-corrected chi connectivity index (χ3v) is 5.00. The maximum Gasteiger partial charge on any atom is 0.253 e. The van der Waals surface area contributed by atoms with E-state index in [1.165, 1.54) is 0 Å². The highest BCUT2D eigenvalue weighted by Crippen LogP contribution is 2.28. The first-order valence-electron chi connectivity index (χ1n) is 9.97. The molecule has 4 heteroatoms. The van der Waals surface area contributed by atoms with Gasteiger partial charge in [-0.3, -0.25) is 4.79 Å². The lowest BCUT2D eigenvalue weighted by atomic mass is 9.97. The molecule has 144 valence electrons. The number of nitrogens with zero attached hydrogens (tertiary/aromatic N) is 1. The number of hydrogen-bond donors (Lipinski definition) is 0. The number of carbonyl (C=O) groups excluding carboxylic acids is 1. The van der Waals surface area contributed by atoms with Gasteiger partial charge in [0.1, 0.15) is 0 Å². The van der Waals surface area contributed by atoms with Gasteiger partial charge in [-0.25, -0.2) is 0 Å². The van der Waals surface area contributed by atoms with E-state index >= 15 is 0 Å². The van der Waals surface area contributed by atoms with Gasteiger partial charge in [0.25, 0.3) is 5.91 Å². The molecule has 0 aliphatic carbocycles. The highest BCUT2D eigenvalue weighted by atomic mass is 16.5. The third-order valence-electron chi connectivity index (χ3n) is 5.00. The molecule has 1 aliphatic rings. The number of amides is 1. The molecule has 0 saturated carbocycles. The molecule has 2 aromatic rings. The van der Waals surface area contributed by atoms with Crippen molar-refractivity contribution in [1.82, 2.24) is 4.90 Å². The van der Waals surface area contributed by atoms with Crippen LogP contribution in [0.15, 0.2) is 54.6 Å². The molecular formula is C23H29NO3. The lowest BCUT2D eigenvalue weighted by Crippen LogP contribution is -2.39. The van der Waals surface area contributed by atoms with Crippen molar-refractivity contribution < 1.29 is 14.3 Å². The zero-order chi connectivity index (χ0) is 18.9. The summed E-state index contributed by atoms with van der Waals surface area (Å²) in [7, 11) is 0. The zero-order valence-electron chi connectivity index (χ0n) is 16.1. The first kappa shape index (κ1) is 19.3. The van der Waals surface area contributed by atoms with Crippen LogP contribution in [-0.2, 0) is 0 Å². The van der Waals surface area contributed by atoms with E-state index in [1.54, 1.807) is 0 Å². The number of benzene rings is 2. The molecule has 1 fully saturated rings. The minimum atomic E-state index is 0.129. The number of hydrogen-bond acceptors (Lipinski definition) is 3. The Bertz CT molecular complexity index is 709. The van der Waals surface area contributed by atoms with Crippen molar-refractivity contribution in [1.29, 1.82) is 0 Å². The lowest BCUT2D eigenvalue weighted by Gasteiger charge is -2.32. The Hall–Kier alpha value is -2.49. The van der Waals surface area contributed by atoms with Crippen LogP contribution in [0.25, 0.3) is 0 Å². The highest BCUT2D eigenvalue weighted by molar-refractivity contribution is 5.94. The van der Waals surface area contributed by atoms with Gasteiger partial charge in [-0.1, -0.05) is 43.7 Å². The van der Waals surface area contributed by atoms with Crippen LogP contribution in [0, 0.1) is 5.92 Å². The maximum atomic E-state index is 12.5. The van der Waals surface area contributed by atoms with Crippen molar-refractivity contribution in [3.63, 3.8) is 0 Å². The average Bonchev–Trinajstić information content (AvgIpc) is 2.74. The van der Waals surface area contributed by atoms with E-state index in [4.69, 9.17) is 9.47 Å². The summed E-state index contributed by atoms with van der Waals surface area (Å²) in [6.45, 7) is 5.12. The Morgan fingerprint density at radius 2 is 1.59 bits per heavy atom. The first-order chi connectivity index (χ1) is 13.3. The van der Waals surface area contributed by atoms with Crippen LogP contribution in [0.2, 0.25) is 0 Å². The number of likely N-dealkylation sites (tertiary alicyclic amines) is 1. The fourth-order valence-corrected chi connectivity index (χ4v) is 3.29. The van der Waals surface area contributed by atoms with E-state index in [0.717, 1.165) is 62.4 Å². The molecule has 2 aromatic carbocycles. The minimum absolute atomic E-state index is 0.129. The van der Waals surface area contributed by atoms with Gasteiger partial charge in [0.2, 0.25) is 0 Å². The van der Waals surface area contributed by atoms with Crippen LogP contribution in [-0.4, -0.2) is 37.1 Å². The monoisotopic (exact) mass is 367 g/mol. The second kappa shape index (κ2) is 10.0. The predicted octanol–water partition coefficient (Wildman–Crippen LogP) is 4.80. The van der Waals surface area contributed by atoms with E-state index in [9.17, 15) is 4.79 Å². The van der Waals surface area contributed by atoms with Crippen molar-refractivity contribution in [2.24, 2.45) is 5.92 Å². The average molecular weight is 367 g/mol. The van der Waals surface area contributed by atoms with E-state index in [2.05, 4.69) is 6.92 Å². The molecule has 1 aliphatic heterocycles. The fourth-order valence-electron chi connectivity index (χ4n) is 3.29. The van der Waals surface area contributed by atoms with Gasteiger partial charge < -0.3 is 14.4 Å². The number of carbonyl (C=O) groups is 1. The number of ether oxygens (including phenoxy) is 2. The third kappa shape index (κ3) is 5.49. The quantitative estimate of drug-likeness (QED) is 0.629. The van der Waals surface area contributed by atoms with Crippen LogP contribution in [0.5, 0.6) is 11.5 Å². The van der Waals surface area contributed by atoms with Crippen molar-refractivity contribution in [3.8, 4) is 11.5 Å². The molecule has 0 unspecified atom stereocenters. The van der Waals surface area contributed by atoms with E-state index < -0.39 is 0 Å². The lowest BCUT2D eigenvalue weighted by molar-refractivity contribution is 0.0660. The molecule has 0 spiro atoms. The summed E-state index contributed by atoms with van der Waals surface area (Å²) in [5, 5.41) is 0. The van der Waals surface area contributed by atoms with Crippen LogP contribution < -0.4 is 9.47 Å². The Balaban J connectivity index is 1.47. The number of unbranched alkanes of at least 4 members (excludes halogenated alkanes) is 1. The second-order valence-corrected chi connectivity index (χ2v) is 7.06. The van der Waals surface area contributed by atoms with Crippen LogP contribution in [0.3, 0.4) is 0 Å². The van der Waals surface area contributed by atoms with Crippen molar-refractivity contribution in [2.45, 2.75) is 32.6 Å². The normalized spacial score (nSPS) is 14.8. The van der Waals surface area contributed by atoms with Crippen molar-refractivity contribution in [3.05, 3.63) is 60.2 Å². The maximum absolute atomic E-state index is 12.5. The molecule has 0 atom stereocenters. The van der Waals surface area contributed by atoms with Gasteiger partial charge in [0.05, 0.1) is 13.2 Å². The summed E-state index contributed by atoms with van der Waals surface area (Å²) in [6, 6.07) is 17.4. The fraction of sp³-hybridized carbons (Fsp3) is 0.435. The SMILES string of the molecule is CCCCOc1ccccc1OCC1CCN(C(=O)c2ccccc2)CC1. The summed E-state index contributed by atoms with van der Waals surface area (Å²) < 4.78 is 11.9. The largest absolute Gasteiger partial charge is 0.490 e. The molecule has 0 aromatic heterocycles.